The summed E-state index contributed by atoms with van der Waals surface area (Å²) >= 11 is 12.1. The van der Waals surface area contributed by atoms with Crippen LogP contribution in [0.5, 0.6) is 0 Å². The number of carbonyl (C=O) groups is 1. The quantitative estimate of drug-likeness (QED) is 0.314. The number of carbonyl (C=O) groups excluding carboxylic acids is 1. The number of aromatic nitrogens is 1. The molecule has 2 N–H and O–H groups in total. The van der Waals surface area contributed by atoms with Gasteiger partial charge in [0.1, 0.15) is 5.82 Å². The Balaban J connectivity index is 1.50. The zero-order chi connectivity index (χ0) is 22.9. The lowest BCUT2D eigenvalue weighted by molar-refractivity contribution is -0.137. The summed E-state index contributed by atoms with van der Waals surface area (Å²) < 4.78 is 39.9. The number of amides is 2. The predicted molar refractivity (Wildman–Crippen MR) is 121 cm³/mol. The second kappa shape index (κ2) is 8.76. The summed E-state index contributed by atoms with van der Waals surface area (Å²) in [5.41, 5.74) is 2.37. The van der Waals surface area contributed by atoms with Crippen LogP contribution in [0.4, 0.5) is 29.5 Å². The molecule has 0 saturated carbocycles. The first-order valence-corrected chi connectivity index (χ1v) is 10.2. The molecular weight excluding hydrogens is 462 g/mol. The van der Waals surface area contributed by atoms with Crippen LogP contribution in [0.2, 0.25) is 10.0 Å². The second-order valence-electron chi connectivity index (χ2n) is 7.09. The number of hydrogen-bond donors (Lipinski definition) is 2. The lowest BCUT2D eigenvalue weighted by atomic mass is 10.1. The zero-order valence-corrected chi connectivity index (χ0v) is 17.9. The Morgan fingerprint density at radius 2 is 1.66 bits per heavy atom. The minimum atomic E-state index is -4.43. The summed E-state index contributed by atoms with van der Waals surface area (Å²) in [6.07, 6.45) is -1.98. The number of alkyl halides is 3. The summed E-state index contributed by atoms with van der Waals surface area (Å²) in [7, 11) is 0. The van der Waals surface area contributed by atoms with Crippen molar-refractivity contribution >= 4 is 46.3 Å². The maximum Gasteiger partial charge on any atom is 0.416 e. The highest BCUT2D eigenvalue weighted by Crippen LogP contribution is 2.30. The molecule has 164 valence electrons. The third-order valence-corrected chi connectivity index (χ3v) is 5.61. The third kappa shape index (κ3) is 4.84. The van der Waals surface area contributed by atoms with E-state index < -0.39 is 17.8 Å². The van der Waals surface area contributed by atoms with Crippen molar-refractivity contribution in [1.82, 2.24) is 4.40 Å². The van der Waals surface area contributed by atoms with Crippen molar-refractivity contribution in [3.05, 3.63) is 99.7 Å². The number of anilines is 2. The Labute approximate surface area is 191 Å². The van der Waals surface area contributed by atoms with Gasteiger partial charge in [-0.3, -0.25) is 5.32 Å². The van der Waals surface area contributed by atoms with Crippen molar-refractivity contribution in [3.63, 3.8) is 0 Å². The van der Waals surface area contributed by atoms with Gasteiger partial charge in [0.2, 0.25) is 0 Å². The van der Waals surface area contributed by atoms with E-state index in [1.165, 1.54) is 12.1 Å². The number of rotatable bonds is 4. The van der Waals surface area contributed by atoms with E-state index in [-0.39, 0.29) is 5.69 Å². The molecule has 32 heavy (non-hydrogen) atoms. The molecule has 0 unspecified atom stereocenters. The number of fused-ring (bicyclic) bond motifs is 1. The molecule has 0 radical (unpaired) electrons. The average Bonchev–Trinajstić information content (AvgIpc) is 3.14. The van der Waals surface area contributed by atoms with E-state index in [0.717, 1.165) is 28.8 Å². The van der Waals surface area contributed by atoms with E-state index in [2.05, 4.69) is 10.6 Å². The van der Waals surface area contributed by atoms with Gasteiger partial charge in [0.25, 0.3) is 0 Å². The monoisotopic (exact) mass is 477 g/mol. The van der Waals surface area contributed by atoms with Gasteiger partial charge in [-0.15, -0.1) is 0 Å². The minimum absolute atomic E-state index is 0.246. The van der Waals surface area contributed by atoms with Gasteiger partial charge in [0.15, 0.2) is 0 Å². The van der Waals surface area contributed by atoms with Crippen LogP contribution in [0.25, 0.3) is 5.52 Å². The van der Waals surface area contributed by atoms with E-state index in [4.69, 9.17) is 23.2 Å². The molecule has 2 heterocycles. The van der Waals surface area contributed by atoms with Crippen molar-refractivity contribution in [1.29, 1.82) is 0 Å². The number of nitrogens with zero attached hydrogens (tertiary/aromatic N) is 1. The van der Waals surface area contributed by atoms with Crippen molar-refractivity contribution in [3.8, 4) is 0 Å². The molecule has 0 fully saturated rings. The molecule has 0 aliphatic carbocycles. The normalized spacial score (nSPS) is 11.5. The van der Waals surface area contributed by atoms with Gasteiger partial charge in [-0.25, -0.2) is 4.79 Å². The van der Waals surface area contributed by atoms with Gasteiger partial charge in [0.05, 0.1) is 21.1 Å². The van der Waals surface area contributed by atoms with E-state index >= 15 is 0 Å². The largest absolute Gasteiger partial charge is 0.416 e. The molecule has 9 heteroatoms. The average molecular weight is 478 g/mol. The SMILES string of the molecule is O=C(Nc1ccc(C(F)(F)F)cc1)Nc1cccc2c(Cc3ccc(Cl)c(Cl)c3)ccn12. The van der Waals surface area contributed by atoms with Crippen LogP contribution >= 0.6 is 23.2 Å². The number of nitrogens with one attached hydrogen (secondary N) is 2. The zero-order valence-electron chi connectivity index (χ0n) is 16.4. The highest BCUT2D eigenvalue weighted by atomic mass is 35.5. The Bertz CT molecular complexity index is 1280. The van der Waals surface area contributed by atoms with Gasteiger partial charge >= 0.3 is 12.2 Å². The fraction of sp³-hybridized carbons (Fsp3) is 0.0870. The Morgan fingerprint density at radius 3 is 2.34 bits per heavy atom. The topological polar surface area (TPSA) is 45.5 Å². The maximum absolute atomic E-state index is 12.7. The lowest BCUT2D eigenvalue weighted by Crippen LogP contribution is -2.20. The van der Waals surface area contributed by atoms with E-state index in [1.54, 1.807) is 18.2 Å². The van der Waals surface area contributed by atoms with Gasteiger partial charge in [-0.1, -0.05) is 35.3 Å². The Hall–Kier alpha value is -3.16. The van der Waals surface area contributed by atoms with Gasteiger partial charge < -0.3 is 9.72 Å². The van der Waals surface area contributed by atoms with Gasteiger partial charge in [0, 0.05) is 11.9 Å². The number of hydrogen-bond acceptors (Lipinski definition) is 1. The first kappa shape index (κ1) is 22.0. The number of urea groups is 1. The predicted octanol–water partition coefficient (Wildman–Crippen LogP) is 7.50. The smallest absolute Gasteiger partial charge is 0.308 e. The Kier molecular flexibility index (Phi) is 6.04. The molecule has 0 spiro atoms. The molecule has 0 atom stereocenters. The summed E-state index contributed by atoms with van der Waals surface area (Å²) in [6, 6.07) is 16.5. The van der Waals surface area contributed by atoms with E-state index in [1.807, 2.05) is 34.9 Å². The standard InChI is InChI=1S/C23H16Cl2F3N3O/c24-18-9-4-14(13-19(18)25)12-15-10-11-31-20(15)2-1-3-21(31)30-22(32)29-17-7-5-16(6-8-17)23(26,27)28/h1-11,13H,12H2,(H2,29,30,32). The Morgan fingerprint density at radius 1 is 0.906 bits per heavy atom. The summed E-state index contributed by atoms with van der Waals surface area (Å²) in [4.78, 5) is 12.4. The van der Waals surface area contributed by atoms with Crippen LogP contribution in [0, 0.1) is 0 Å². The molecule has 2 aromatic heterocycles. The van der Waals surface area contributed by atoms with Crippen molar-refractivity contribution in [2.75, 3.05) is 10.6 Å². The van der Waals surface area contributed by atoms with Crippen molar-refractivity contribution in [2.24, 2.45) is 0 Å². The number of benzene rings is 2. The molecule has 0 aliphatic heterocycles. The summed E-state index contributed by atoms with van der Waals surface area (Å²) in [6.45, 7) is 0. The molecule has 0 bridgehead atoms. The summed E-state index contributed by atoms with van der Waals surface area (Å²) in [5.74, 6) is 0.507. The summed E-state index contributed by atoms with van der Waals surface area (Å²) in [5, 5.41) is 6.23. The molecule has 4 rings (SSSR count). The van der Waals surface area contributed by atoms with Crippen molar-refractivity contribution in [2.45, 2.75) is 12.6 Å². The third-order valence-electron chi connectivity index (χ3n) is 4.87. The van der Waals surface area contributed by atoms with Gasteiger partial charge in [-0.2, -0.15) is 13.2 Å². The fourth-order valence-corrected chi connectivity index (χ4v) is 3.66. The first-order valence-electron chi connectivity index (χ1n) is 9.49. The highest BCUT2D eigenvalue weighted by molar-refractivity contribution is 6.42. The molecular formula is C23H16Cl2F3N3O. The highest BCUT2D eigenvalue weighted by Gasteiger charge is 2.30. The minimum Gasteiger partial charge on any atom is -0.308 e. The second-order valence-corrected chi connectivity index (χ2v) is 7.90. The molecule has 2 amide bonds. The molecule has 4 nitrogen and oxygen atoms in total. The molecule has 0 aliphatic rings. The van der Waals surface area contributed by atoms with Crippen molar-refractivity contribution < 1.29 is 18.0 Å². The van der Waals surface area contributed by atoms with Crippen LogP contribution in [0.15, 0.2) is 72.9 Å². The molecule has 4 aromatic rings. The molecule has 2 aromatic carbocycles. The van der Waals surface area contributed by atoms with Crippen LogP contribution in [-0.4, -0.2) is 10.4 Å². The van der Waals surface area contributed by atoms with Crippen LogP contribution in [0.3, 0.4) is 0 Å². The number of pyridine rings is 1. The van der Waals surface area contributed by atoms with Gasteiger partial charge in [-0.05, 0) is 72.1 Å². The fourth-order valence-electron chi connectivity index (χ4n) is 3.34. The van der Waals surface area contributed by atoms with Crippen LogP contribution in [0.1, 0.15) is 16.7 Å². The lowest BCUT2D eigenvalue weighted by Gasteiger charge is -2.11. The molecule has 0 saturated heterocycles. The van der Waals surface area contributed by atoms with E-state index in [0.29, 0.717) is 22.3 Å². The maximum atomic E-state index is 12.7. The van der Waals surface area contributed by atoms with E-state index in [9.17, 15) is 18.0 Å². The first-order chi connectivity index (χ1) is 15.2. The number of halogens is 5. The van der Waals surface area contributed by atoms with Crippen LogP contribution in [-0.2, 0) is 12.6 Å². The van der Waals surface area contributed by atoms with Crippen LogP contribution < -0.4 is 10.6 Å².